The third-order valence-electron chi connectivity index (χ3n) is 4.12. The zero-order valence-corrected chi connectivity index (χ0v) is 13.1. The lowest BCUT2D eigenvalue weighted by atomic mass is 9.93. The summed E-state index contributed by atoms with van der Waals surface area (Å²) in [4.78, 5) is 5.66. The summed E-state index contributed by atoms with van der Waals surface area (Å²) in [6.07, 6.45) is 4.61. The Hall–Kier alpha value is -1.26. The first kappa shape index (κ1) is 14.7. The molecule has 2 aromatic rings. The van der Waals surface area contributed by atoms with Crippen molar-refractivity contribution in [3.8, 4) is 0 Å². The summed E-state index contributed by atoms with van der Waals surface area (Å²) < 4.78 is 13.5. The number of aromatic nitrogens is 1. The lowest BCUT2D eigenvalue weighted by Gasteiger charge is -2.18. The molecule has 0 spiro atoms. The van der Waals surface area contributed by atoms with Crippen LogP contribution in [0.2, 0.25) is 0 Å². The van der Waals surface area contributed by atoms with Crippen molar-refractivity contribution >= 4 is 11.3 Å². The third kappa shape index (κ3) is 4.11. The van der Waals surface area contributed by atoms with Crippen LogP contribution in [0.4, 0.5) is 4.39 Å². The van der Waals surface area contributed by atoms with Gasteiger partial charge < -0.3 is 5.32 Å². The maximum absolute atomic E-state index is 13.5. The molecule has 3 rings (SSSR count). The number of halogens is 1. The van der Waals surface area contributed by atoms with Crippen LogP contribution in [0.1, 0.15) is 41.3 Å². The minimum Gasteiger partial charge on any atom is -0.313 e. The summed E-state index contributed by atoms with van der Waals surface area (Å²) in [5.74, 6) is 0.223. The van der Waals surface area contributed by atoms with Crippen LogP contribution in [0.25, 0.3) is 0 Å². The third-order valence-corrected chi connectivity index (χ3v) is 5.11. The number of hydrogen-bond acceptors (Lipinski definition) is 3. The van der Waals surface area contributed by atoms with Crippen molar-refractivity contribution in [2.24, 2.45) is 0 Å². The molecule has 1 saturated carbocycles. The molecule has 4 heteroatoms. The Labute approximate surface area is 129 Å². The predicted octanol–water partition coefficient (Wildman–Crippen LogP) is 4.06. The Balaban J connectivity index is 1.67. The average molecular weight is 304 g/mol. The van der Waals surface area contributed by atoms with E-state index >= 15 is 0 Å². The topological polar surface area (TPSA) is 24.9 Å². The molecule has 1 aliphatic carbocycles. The number of hydrogen-bond donors (Lipinski definition) is 1. The van der Waals surface area contributed by atoms with E-state index in [0.29, 0.717) is 12.0 Å². The average Bonchev–Trinajstić information content (AvgIpc) is 3.21. The van der Waals surface area contributed by atoms with E-state index in [4.69, 9.17) is 0 Å². The van der Waals surface area contributed by atoms with Gasteiger partial charge in [0, 0.05) is 17.5 Å². The molecule has 1 heterocycles. The maximum Gasteiger partial charge on any atom is 0.123 e. The summed E-state index contributed by atoms with van der Waals surface area (Å²) >= 11 is 1.72. The fraction of sp³-hybridized carbons (Fsp3) is 0.471. The smallest absolute Gasteiger partial charge is 0.123 e. The molecule has 21 heavy (non-hydrogen) atoms. The Morgan fingerprint density at radius 3 is 2.95 bits per heavy atom. The van der Waals surface area contributed by atoms with Crippen LogP contribution in [-0.4, -0.2) is 17.6 Å². The normalized spacial score (nSPS) is 16.1. The zero-order valence-electron chi connectivity index (χ0n) is 12.3. The van der Waals surface area contributed by atoms with Gasteiger partial charge >= 0.3 is 0 Å². The molecule has 0 radical (unpaired) electrons. The van der Waals surface area contributed by atoms with Crippen molar-refractivity contribution in [2.45, 2.75) is 44.6 Å². The van der Waals surface area contributed by atoms with Gasteiger partial charge in [0.2, 0.25) is 0 Å². The molecule has 0 bridgehead atoms. The second-order valence-corrected chi connectivity index (χ2v) is 6.77. The van der Waals surface area contributed by atoms with Crippen LogP contribution >= 0.6 is 11.3 Å². The van der Waals surface area contributed by atoms with E-state index < -0.39 is 0 Å². The van der Waals surface area contributed by atoms with Crippen molar-refractivity contribution < 1.29 is 4.39 Å². The fourth-order valence-electron chi connectivity index (χ4n) is 2.61. The molecule has 1 N–H and O–H groups in total. The second kappa shape index (κ2) is 6.67. The SMILES string of the molecule is Cc1ncsc1CCC(CNC1CC1)c1cccc(F)c1. The minimum absolute atomic E-state index is 0.141. The van der Waals surface area contributed by atoms with E-state index in [0.717, 1.165) is 30.6 Å². The number of thiazole rings is 1. The highest BCUT2D eigenvalue weighted by Gasteiger charge is 2.22. The molecular formula is C17H21FN2S. The highest BCUT2D eigenvalue weighted by Crippen LogP contribution is 2.26. The van der Waals surface area contributed by atoms with Crippen molar-refractivity contribution in [2.75, 3.05) is 6.54 Å². The first-order valence-corrected chi connectivity index (χ1v) is 8.48. The molecule has 112 valence electrons. The van der Waals surface area contributed by atoms with Gasteiger partial charge in [0.1, 0.15) is 5.82 Å². The van der Waals surface area contributed by atoms with Crippen LogP contribution in [0.3, 0.4) is 0 Å². The number of nitrogens with one attached hydrogen (secondary N) is 1. The zero-order chi connectivity index (χ0) is 14.7. The van der Waals surface area contributed by atoms with E-state index in [1.165, 1.54) is 23.8 Å². The molecule has 0 aliphatic heterocycles. The highest BCUT2D eigenvalue weighted by molar-refractivity contribution is 7.09. The maximum atomic E-state index is 13.5. The van der Waals surface area contributed by atoms with E-state index in [1.54, 1.807) is 17.4 Å². The molecule has 1 aromatic heterocycles. The molecule has 1 fully saturated rings. The summed E-state index contributed by atoms with van der Waals surface area (Å²) in [6, 6.07) is 7.74. The van der Waals surface area contributed by atoms with Crippen molar-refractivity contribution in [1.29, 1.82) is 0 Å². The van der Waals surface area contributed by atoms with Gasteiger partial charge in [-0.3, -0.25) is 0 Å². The van der Waals surface area contributed by atoms with Crippen LogP contribution < -0.4 is 5.32 Å². The molecule has 1 aromatic carbocycles. The molecule has 1 unspecified atom stereocenters. The van der Waals surface area contributed by atoms with E-state index in [2.05, 4.69) is 17.2 Å². The molecule has 2 nitrogen and oxygen atoms in total. The highest BCUT2D eigenvalue weighted by atomic mass is 32.1. The first-order valence-electron chi connectivity index (χ1n) is 7.60. The van der Waals surface area contributed by atoms with Crippen LogP contribution in [0, 0.1) is 12.7 Å². The van der Waals surface area contributed by atoms with Gasteiger partial charge in [0.25, 0.3) is 0 Å². The summed E-state index contributed by atoms with van der Waals surface area (Å²) in [7, 11) is 0. The molecule has 0 amide bonds. The number of nitrogens with zero attached hydrogens (tertiary/aromatic N) is 1. The lowest BCUT2D eigenvalue weighted by molar-refractivity contribution is 0.543. The molecule has 1 atom stereocenters. The Kier molecular flexibility index (Phi) is 4.66. The largest absolute Gasteiger partial charge is 0.313 e. The number of benzene rings is 1. The number of aryl methyl sites for hydroxylation is 2. The van der Waals surface area contributed by atoms with Crippen molar-refractivity contribution in [3.63, 3.8) is 0 Å². The quantitative estimate of drug-likeness (QED) is 0.834. The van der Waals surface area contributed by atoms with E-state index in [1.807, 2.05) is 17.6 Å². The first-order chi connectivity index (χ1) is 10.2. The van der Waals surface area contributed by atoms with Crippen LogP contribution in [0.15, 0.2) is 29.8 Å². The Bertz CT molecular complexity index is 592. The molecular weight excluding hydrogens is 283 g/mol. The van der Waals surface area contributed by atoms with Crippen molar-refractivity contribution in [1.82, 2.24) is 10.3 Å². The predicted molar refractivity (Wildman–Crippen MR) is 85.3 cm³/mol. The molecule has 0 saturated heterocycles. The monoisotopic (exact) mass is 304 g/mol. The second-order valence-electron chi connectivity index (χ2n) is 5.83. The van der Waals surface area contributed by atoms with Gasteiger partial charge in [-0.1, -0.05) is 12.1 Å². The number of rotatable bonds is 7. The van der Waals surface area contributed by atoms with Gasteiger partial charge in [0.05, 0.1) is 11.2 Å². The minimum atomic E-state index is -0.141. The van der Waals surface area contributed by atoms with Gasteiger partial charge in [-0.2, -0.15) is 0 Å². The fourth-order valence-corrected chi connectivity index (χ4v) is 3.41. The standard InChI is InChI=1S/C17H21FN2S/c1-12-17(21-11-20-12)8-5-14(10-19-16-6-7-16)13-3-2-4-15(18)9-13/h2-4,9,11,14,16,19H,5-8,10H2,1H3. The van der Waals surface area contributed by atoms with E-state index in [-0.39, 0.29) is 5.82 Å². The lowest BCUT2D eigenvalue weighted by Crippen LogP contribution is -2.24. The summed E-state index contributed by atoms with van der Waals surface area (Å²) in [5.41, 5.74) is 4.14. The van der Waals surface area contributed by atoms with Gasteiger partial charge in [-0.05, 0) is 56.2 Å². The van der Waals surface area contributed by atoms with Crippen LogP contribution in [-0.2, 0) is 6.42 Å². The summed E-state index contributed by atoms with van der Waals surface area (Å²) in [6.45, 7) is 3.00. The van der Waals surface area contributed by atoms with Gasteiger partial charge in [-0.25, -0.2) is 9.37 Å². The van der Waals surface area contributed by atoms with Crippen molar-refractivity contribution in [3.05, 3.63) is 51.7 Å². The van der Waals surface area contributed by atoms with Gasteiger partial charge in [0.15, 0.2) is 0 Å². The van der Waals surface area contributed by atoms with Gasteiger partial charge in [-0.15, -0.1) is 11.3 Å². The Morgan fingerprint density at radius 2 is 2.29 bits per heavy atom. The summed E-state index contributed by atoms with van der Waals surface area (Å²) in [5, 5.41) is 3.58. The Morgan fingerprint density at radius 1 is 1.43 bits per heavy atom. The van der Waals surface area contributed by atoms with E-state index in [9.17, 15) is 4.39 Å². The molecule has 1 aliphatic rings. The van der Waals surface area contributed by atoms with Crippen LogP contribution in [0.5, 0.6) is 0 Å².